The number of fused-ring (bicyclic) bond motifs is 4. The normalized spacial score (nSPS) is 16.8. The van der Waals surface area contributed by atoms with Gasteiger partial charge in [0.25, 0.3) is 5.91 Å². The van der Waals surface area contributed by atoms with E-state index in [4.69, 9.17) is 16.3 Å². The number of nitrogens with zero attached hydrogens (tertiary/aromatic N) is 3. The highest BCUT2D eigenvalue weighted by atomic mass is 35.5. The summed E-state index contributed by atoms with van der Waals surface area (Å²) in [6.07, 6.45) is 6.39. The standard InChI is InChI=1S/C31H29ClFN5O4/c1-18-5-3-7-24(36-31(41)21-16-35-38(17-21)27-8-4-6-23(32)29(27)33)20-11-12-34-25(15-20)22-10-9-19(14-28(39)42-2)13-26(22)37-30(18)40/h4,6,8-13,15-18,24H,3,5,7,14H2,1-2H3,(H,36,41)(H,37,40)/t18?,24-/m0/s1. The van der Waals surface area contributed by atoms with E-state index in [1.165, 1.54) is 36.3 Å². The number of amides is 2. The summed E-state index contributed by atoms with van der Waals surface area (Å²) in [5.41, 5.74) is 3.74. The zero-order valence-electron chi connectivity index (χ0n) is 23.1. The average molecular weight is 590 g/mol. The lowest BCUT2D eigenvalue weighted by Crippen LogP contribution is -2.29. The zero-order chi connectivity index (χ0) is 29.8. The number of hydrogen-bond acceptors (Lipinski definition) is 6. The van der Waals surface area contributed by atoms with Crippen LogP contribution >= 0.6 is 11.6 Å². The number of rotatable bonds is 5. The minimum absolute atomic E-state index is 0.0418. The Balaban J connectivity index is 1.46. The summed E-state index contributed by atoms with van der Waals surface area (Å²) in [5, 5.41) is 10.2. The minimum atomic E-state index is -0.631. The van der Waals surface area contributed by atoms with Crippen molar-refractivity contribution in [3.8, 4) is 16.9 Å². The minimum Gasteiger partial charge on any atom is -0.469 e. The zero-order valence-corrected chi connectivity index (χ0v) is 23.8. The Bertz CT molecular complexity index is 1660. The highest BCUT2D eigenvalue weighted by Gasteiger charge is 2.23. The van der Waals surface area contributed by atoms with E-state index in [-0.39, 0.29) is 52.4 Å². The van der Waals surface area contributed by atoms with Crippen molar-refractivity contribution in [1.29, 1.82) is 0 Å². The number of esters is 1. The number of benzene rings is 2. The van der Waals surface area contributed by atoms with Crippen LogP contribution in [0.2, 0.25) is 5.02 Å². The molecule has 4 aromatic rings. The topological polar surface area (TPSA) is 115 Å². The summed E-state index contributed by atoms with van der Waals surface area (Å²) in [4.78, 5) is 42.8. The van der Waals surface area contributed by atoms with Gasteiger partial charge >= 0.3 is 5.97 Å². The molecule has 2 bridgehead atoms. The second-order valence-electron chi connectivity index (χ2n) is 10.2. The molecule has 2 aromatic heterocycles. The second-order valence-corrected chi connectivity index (χ2v) is 10.6. The van der Waals surface area contributed by atoms with Gasteiger partial charge in [-0.25, -0.2) is 9.07 Å². The lowest BCUT2D eigenvalue weighted by molar-refractivity contribution is -0.139. The number of carbonyl (C=O) groups excluding carboxylic acids is 3. The molecule has 0 radical (unpaired) electrons. The molecule has 0 saturated carbocycles. The van der Waals surface area contributed by atoms with E-state index in [9.17, 15) is 18.8 Å². The van der Waals surface area contributed by atoms with E-state index in [1.807, 2.05) is 25.1 Å². The molecule has 0 saturated heterocycles. The molecule has 1 unspecified atom stereocenters. The Morgan fingerprint density at radius 2 is 2.02 bits per heavy atom. The summed E-state index contributed by atoms with van der Waals surface area (Å²) in [6, 6.07) is 13.3. The van der Waals surface area contributed by atoms with Gasteiger partial charge in [-0.3, -0.25) is 19.4 Å². The largest absolute Gasteiger partial charge is 0.469 e. The van der Waals surface area contributed by atoms with Crippen LogP contribution in [-0.2, 0) is 20.7 Å². The van der Waals surface area contributed by atoms with Crippen LogP contribution in [0, 0.1) is 11.7 Å². The summed E-state index contributed by atoms with van der Waals surface area (Å²) in [7, 11) is 1.33. The average Bonchev–Trinajstić information content (AvgIpc) is 3.48. The van der Waals surface area contributed by atoms with Crippen LogP contribution in [0.4, 0.5) is 10.1 Å². The Hall–Kier alpha value is -4.57. The molecule has 11 heteroatoms. The van der Waals surface area contributed by atoms with Gasteiger partial charge in [-0.1, -0.05) is 43.1 Å². The predicted molar refractivity (Wildman–Crippen MR) is 156 cm³/mol. The number of methoxy groups -OCH3 is 1. The molecule has 2 amide bonds. The second kappa shape index (κ2) is 12.5. The number of halogens is 2. The molecule has 2 aromatic carbocycles. The van der Waals surface area contributed by atoms with Crippen molar-refractivity contribution in [2.75, 3.05) is 12.4 Å². The van der Waals surface area contributed by atoms with E-state index in [0.29, 0.717) is 41.8 Å². The first kappa shape index (κ1) is 28.9. The molecule has 42 heavy (non-hydrogen) atoms. The Kier molecular flexibility index (Phi) is 8.63. The molecule has 1 aliphatic rings. The molecule has 2 atom stereocenters. The molecule has 0 fully saturated rings. The molecule has 0 spiro atoms. The SMILES string of the molecule is COC(=O)Cc1ccc2c(c1)NC(=O)C(C)CCC[C@H](NC(=O)c1cnn(-c3cccc(Cl)c3F)c1)c1ccnc-2c1. The van der Waals surface area contributed by atoms with Gasteiger partial charge in [0.1, 0.15) is 5.69 Å². The fraction of sp³-hybridized carbons (Fsp3) is 0.258. The lowest BCUT2D eigenvalue weighted by atomic mass is 9.94. The Labute approximate surface area is 247 Å². The Morgan fingerprint density at radius 1 is 1.19 bits per heavy atom. The van der Waals surface area contributed by atoms with Crippen molar-refractivity contribution < 1.29 is 23.5 Å². The molecular weight excluding hydrogens is 561 g/mol. The highest BCUT2D eigenvalue weighted by molar-refractivity contribution is 6.30. The third-order valence-corrected chi connectivity index (χ3v) is 7.58. The van der Waals surface area contributed by atoms with Crippen LogP contribution in [0.1, 0.15) is 53.7 Å². The van der Waals surface area contributed by atoms with Gasteiger partial charge in [-0.15, -0.1) is 0 Å². The van der Waals surface area contributed by atoms with Crippen LogP contribution in [0.5, 0.6) is 0 Å². The van der Waals surface area contributed by atoms with Crippen molar-refractivity contribution in [1.82, 2.24) is 20.1 Å². The van der Waals surface area contributed by atoms with Crippen LogP contribution < -0.4 is 10.6 Å². The van der Waals surface area contributed by atoms with E-state index in [0.717, 1.165) is 5.56 Å². The van der Waals surface area contributed by atoms with Gasteiger partial charge in [0.2, 0.25) is 5.91 Å². The van der Waals surface area contributed by atoms with Gasteiger partial charge in [-0.05, 0) is 54.3 Å². The van der Waals surface area contributed by atoms with Crippen molar-refractivity contribution >= 4 is 35.1 Å². The van der Waals surface area contributed by atoms with E-state index < -0.39 is 5.82 Å². The molecule has 9 nitrogen and oxygen atoms in total. The van der Waals surface area contributed by atoms with Crippen LogP contribution in [0.3, 0.4) is 0 Å². The summed E-state index contributed by atoms with van der Waals surface area (Å²) in [6.45, 7) is 1.85. The quantitative estimate of drug-likeness (QED) is 0.290. The first-order valence-electron chi connectivity index (χ1n) is 13.5. The maximum atomic E-state index is 14.5. The fourth-order valence-electron chi connectivity index (χ4n) is 4.90. The van der Waals surface area contributed by atoms with Crippen LogP contribution in [0.15, 0.2) is 67.1 Å². The summed E-state index contributed by atoms with van der Waals surface area (Å²) >= 11 is 5.91. The predicted octanol–water partition coefficient (Wildman–Crippen LogP) is 5.67. The molecule has 1 aliphatic heterocycles. The molecule has 3 heterocycles. The fourth-order valence-corrected chi connectivity index (χ4v) is 5.07. The molecule has 5 rings (SSSR count). The number of pyridine rings is 1. The van der Waals surface area contributed by atoms with Crippen LogP contribution in [-0.4, -0.2) is 39.7 Å². The Morgan fingerprint density at radius 3 is 2.83 bits per heavy atom. The van der Waals surface area contributed by atoms with Gasteiger partial charge in [0.05, 0.1) is 47.7 Å². The first-order chi connectivity index (χ1) is 20.2. The summed E-state index contributed by atoms with van der Waals surface area (Å²) in [5.74, 6) is -1.84. The molecule has 2 N–H and O–H groups in total. The number of anilines is 1. The lowest BCUT2D eigenvalue weighted by Gasteiger charge is -2.22. The highest BCUT2D eigenvalue weighted by Crippen LogP contribution is 2.32. The molecular formula is C31H29ClFN5O4. The maximum absolute atomic E-state index is 14.5. The third kappa shape index (κ3) is 6.33. The number of carbonyl (C=O) groups is 3. The monoisotopic (exact) mass is 589 g/mol. The molecule has 0 aliphatic carbocycles. The van der Waals surface area contributed by atoms with Crippen molar-refractivity contribution in [2.24, 2.45) is 5.92 Å². The van der Waals surface area contributed by atoms with E-state index in [1.54, 1.807) is 24.4 Å². The van der Waals surface area contributed by atoms with Crippen molar-refractivity contribution in [3.05, 3.63) is 94.7 Å². The maximum Gasteiger partial charge on any atom is 0.309 e. The first-order valence-corrected chi connectivity index (χ1v) is 13.9. The van der Waals surface area contributed by atoms with Gasteiger partial charge in [-0.2, -0.15) is 5.10 Å². The van der Waals surface area contributed by atoms with Gasteiger partial charge in [0, 0.05) is 23.9 Å². The molecule has 216 valence electrons. The smallest absolute Gasteiger partial charge is 0.309 e. The van der Waals surface area contributed by atoms with Gasteiger partial charge in [0.15, 0.2) is 5.82 Å². The number of aromatic nitrogens is 3. The van der Waals surface area contributed by atoms with Gasteiger partial charge < -0.3 is 15.4 Å². The van der Waals surface area contributed by atoms with E-state index >= 15 is 0 Å². The van der Waals surface area contributed by atoms with E-state index in [2.05, 4.69) is 20.7 Å². The number of ether oxygens (including phenoxy) is 1. The third-order valence-electron chi connectivity index (χ3n) is 7.29. The van der Waals surface area contributed by atoms with Crippen molar-refractivity contribution in [2.45, 2.75) is 38.6 Å². The summed E-state index contributed by atoms with van der Waals surface area (Å²) < 4.78 is 20.6. The number of nitrogens with one attached hydrogen (secondary N) is 2. The van der Waals surface area contributed by atoms with Crippen molar-refractivity contribution in [3.63, 3.8) is 0 Å². The number of hydrogen-bond donors (Lipinski definition) is 2. The van der Waals surface area contributed by atoms with Crippen LogP contribution in [0.25, 0.3) is 16.9 Å².